The van der Waals surface area contributed by atoms with Crippen molar-refractivity contribution >= 4 is 34.5 Å². The fourth-order valence-electron chi connectivity index (χ4n) is 4.01. The second-order valence-electron chi connectivity index (χ2n) is 7.83. The predicted octanol–water partition coefficient (Wildman–Crippen LogP) is 4.48. The van der Waals surface area contributed by atoms with Gasteiger partial charge in [-0.2, -0.15) is 0 Å². The fraction of sp³-hybridized carbons (Fsp3) is 0.304. The largest absolute Gasteiger partial charge is 0.474 e. The number of pyridine rings is 1. The van der Waals surface area contributed by atoms with Gasteiger partial charge in [-0.3, -0.25) is 4.79 Å². The molecule has 5 rings (SSSR count). The van der Waals surface area contributed by atoms with Gasteiger partial charge in [0.15, 0.2) is 0 Å². The second kappa shape index (κ2) is 8.69. The van der Waals surface area contributed by atoms with Crippen molar-refractivity contribution in [2.75, 3.05) is 31.6 Å². The molecular weight excluding hydrogens is 453 g/mol. The Kier molecular flexibility index (Phi) is 5.75. The molecule has 1 aromatic carbocycles. The van der Waals surface area contributed by atoms with Crippen molar-refractivity contribution in [1.29, 1.82) is 0 Å². The van der Waals surface area contributed by atoms with E-state index in [1.165, 1.54) is 4.90 Å². The molecule has 4 heterocycles. The lowest BCUT2D eigenvalue weighted by Crippen LogP contribution is -2.47. The molecule has 1 fully saturated rings. The van der Waals surface area contributed by atoms with E-state index in [4.69, 9.17) is 16.3 Å². The van der Waals surface area contributed by atoms with Crippen LogP contribution < -0.4 is 10.1 Å². The first-order valence-corrected chi connectivity index (χ1v) is 11.6. The van der Waals surface area contributed by atoms with Crippen LogP contribution in [0.5, 0.6) is 5.88 Å². The molecular formula is C23H21ClFN3O3S. The molecule has 6 nitrogen and oxygen atoms in total. The Hall–Kier alpha value is -2.68. The van der Waals surface area contributed by atoms with E-state index < -0.39 is 12.3 Å². The molecule has 9 heteroatoms. The highest BCUT2D eigenvalue weighted by molar-refractivity contribution is 7.14. The first kappa shape index (κ1) is 21.2. The summed E-state index contributed by atoms with van der Waals surface area (Å²) in [5, 5.41) is 15.4. The highest BCUT2D eigenvalue weighted by Gasteiger charge is 2.30. The number of thiophene rings is 1. The van der Waals surface area contributed by atoms with Gasteiger partial charge in [0.05, 0.1) is 17.7 Å². The lowest BCUT2D eigenvalue weighted by atomic mass is 10.0. The van der Waals surface area contributed by atoms with Gasteiger partial charge in [0.2, 0.25) is 5.88 Å². The van der Waals surface area contributed by atoms with E-state index in [2.05, 4.69) is 21.7 Å². The summed E-state index contributed by atoms with van der Waals surface area (Å²) in [7, 11) is 0. The molecule has 0 aliphatic carbocycles. The lowest BCUT2D eigenvalue weighted by molar-refractivity contribution is 0.00826. The zero-order chi connectivity index (χ0) is 22.2. The van der Waals surface area contributed by atoms with Crippen LogP contribution in [0.3, 0.4) is 0 Å². The van der Waals surface area contributed by atoms with Crippen molar-refractivity contribution in [3.8, 4) is 27.4 Å². The molecule has 1 unspecified atom stereocenters. The number of aliphatic hydroxyl groups excluding tert-OH is 1. The number of likely N-dealkylation sites (tertiary alicyclic amines) is 1. The van der Waals surface area contributed by atoms with Crippen molar-refractivity contribution in [2.45, 2.75) is 18.7 Å². The average molecular weight is 474 g/mol. The number of nitrogens with zero attached hydrogens (tertiary/aromatic N) is 2. The molecule has 166 valence electrons. The predicted molar refractivity (Wildman–Crippen MR) is 123 cm³/mol. The van der Waals surface area contributed by atoms with Crippen LogP contribution in [0.2, 0.25) is 5.02 Å². The molecule has 2 atom stereocenters. The third-order valence-electron chi connectivity index (χ3n) is 5.75. The number of hydrogen-bond donors (Lipinski definition) is 2. The number of fused-ring (bicyclic) bond motifs is 1. The summed E-state index contributed by atoms with van der Waals surface area (Å²) < 4.78 is 19.5. The van der Waals surface area contributed by atoms with Crippen molar-refractivity contribution in [3.63, 3.8) is 0 Å². The van der Waals surface area contributed by atoms with Gasteiger partial charge in [-0.15, -0.1) is 11.3 Å². The summed E-state index contributed by atoms with van der Waals surface area (Å²) in [6.07, 6.45) is -0.473. The quantitative estimate of drug-likeness (QED) is 0.586. The van der Waals surface area contributed by atoms with Crippen LogP contribution in [0, 0.1) is 0 Å². The Balaban J connectivity index is 1.39. The molecule has 0 saturated carbocycles. The number of carbonyl (C=O) groups is 1. The summed E-state index contributed by atoms with van der Waals surface area (Å²) >= 11 is 8.11. The lowest BCUT2D eigenvalue weighted by Gasteiger charge is -2.32. The number of amides is 1. The van der Waals surface area contributed by atoms with Crippen LogP contribution in [0.15, 0.2) is 41.9 Å². The van der Waals surface area contributed by atoms with Gasteiger partial charge in [-0.05, 0) is 41.6 Å². The Labute approximate surface area is 193 Å². The average Bonchev–Trinajstić information content (AvgIpc) is 3.29. The molecule has 0 bridgehead atoms. The van der Waals surface area contributed by atoms with Gasteiger partial charge in [-0.25, -0.2) is 9.37 Å². The summed E-state index contributed by atoms with van der Waals surface area (Å²) in [4.78, 5) is 19.4. The molecule has 0 spiro atoms. The molecule has 2 N–H and O–H groups in total. The number of anilines is 1. The van der Waals surface area contributed by atoms with Gasteiger partial charge in [0.1, 0.15) is 18.5 Å². The number of aliphatic hydroxyl groups is 1. The molecule has 1 saturated heterocycles. The third kappa shape index (κ3) is 3.94. The van der Waals surface area contributed by atoms with Crippen molar-refractivity contribution in [3.05, 3.63) is 52.5 Å². The van der Waals surface area contributed by atoms with Gasteiger partial charge >= 0.3 is 0 Å². The third-order valence-corrected chi connectivity index (χ3v) is 7.02. The van der Waals surface area contributed by atoms with E-state index in [1.807, 2.05) is 12.1 Å². The molecule has 3 aromatic rings. The van der Waals surface area contributed by atoms with Crippen molar-refractivity contribution in [2.24, 2.45) is 0 Å². The van der Waals surface area contributed by atoms with E-state index in [9.17, 15) is 14.3 Å². The number of rotatable bonds is 3. The molecule has 1 amide bonds. The second-order valence-corrected chi connectivity index (χ2v) is 9.15. The maximum atomic E-state index is 13.8. The Morgan fingerprint density at radius 2 is 2.19 bits per heavy atom. The van der Waals surface area contributed by atoms with Crippen molar-refractivity contribution < 1.29 is 19.0 Å². The van der Waals surface area contributed by atoms with E-state index in [-0.39, 0.29) is 18.9 Å². The first-order valence-electron chi connectivity index (χ1n) is 10.4. The van der Waals surface area contributed by atoms with E-state index >= 15 is 0 Å². The number of piperidine rings is 1. The molecule has 2 aliphatic rings. The molecule has 0 radical (unpaired) electrons. The van der Waals surface area contributed by atoms with E-state index in [1.54, 1.807) is 29.7 Å². The summed E-state index contributed by atoms with van der Waals surface area (Å²) in [6.45, 7) is 1.52. The molecule has 2 aliphatic heterocycles. The minimum atomic E-state index is -1.43. The zero-order valence-corrected chi connectivity index (χ0v) is 18.6. The number of ether oxygens (including phenoxy) is 1. The smallest absolute Gasteiger partial charge is 0.254 e. The van der Waals surface area contributed by atoms with E-state index in [0.29, 0.717) is 29.6 Å². The number of benzene rings is 1. The Morgan fingerprint density at radius 3 is 3.00 bits per heavy atom. The van der Waals surface area contributed by atoms with Crippen LogP contribution >= 0.6 is 22.9 Å². The zero-order valence-electron chi connectivity index (χ0n) is 17.1. The maximum absolute atomic E-state index is 13.8. The SMILES string of the molecule is O=C(c1ccc(-c2cc(-c3ccnc4c3NCCO4)cs2)c(Cl)c1)N1CCC(O)[C@H](F)C1. The minimum Gasteiger partial charge on any atom is -0.474 e. The Bertz CT molecular complexity index is 1170. The van der Waals surface area contributed by atoms with Crippen LogP contribution in [0.4, 0.5) is 10.1 Å². The normalized spacial score (nSPS) is 20.3. The number of hydrogen-bond acceptors (Lipinski definition) is 6. The summed E-state index contributed by atoms with van der Waals surface area (Å²) in [6, 6.07) is 9.16. The number of aromatic nitrogens is 1. The number of carbonyl (C=O) groups excluding carboxylic acids is 1. The molecule has 32 heavy (non-hydrogen) atoms. The van der Waals surface area contributed by atoms with Gasteiger partial charge in [0.25, 0.3) is 5.91 Å². The van der Waals surface area contributed by atoms with E-state index in [0.717, 1.165) is 33.8 Å². The highest BCUT2D eigenvalue weighted by Crippen LogP contribution is 2.41. The topological polar surface area (TPSA) is 74.7 Å². The van der Waals surface area contributed by atoms with Crippen molar-refractivity contribution in [1.82, 2.24) is 9.88 Å². The number of nitrogens with one attached hydrogen (secondary N) is 1. The van der Waals surface area contributed by atoms with Crippen LogP contribution in [-0.2, 0) is 0 Å². The van der Waals surface area contributed by atoms with Crippen LogP contribution in [0.1, 0.15) is 16.8 Å². The fourth-order valence-corrected chi connectivity index (χ4v) is 5.30. The van der Waals surface area contributed by atoms with Gasteiger partial charge in [-0.1, -0.05) is 17.7 Å². The highest BCUT2D eigenvalue weighted by atomic mass is 35.5. The Morgan fingerprint density at radius 1 is 1.31 bits per heavy atom. The van der Waals surface area contributed by atoms with Crippen LogP contribution in [0.25, 0.3) is 21.6 Å². The number of alkyl halides is 1. The monoisotopic (exact) mass is 473 g/mol. The van der Waals surface area contributed by atoms with Gasteiger partial charge in [0, 0.05) is 40.9 Å². The first-order chi connectivity index (χ1) is 15.5. The molecule has 2 aromatic heterocycles. The number of halogens is 2. The standard InChI is InChI=1S/C23H21ClFN3O3S/c24-17-9-13(23(30)28-7-4-19(29)18(25)11-28)1-2-16(17)20-10-14(12-32-20)15-3-5-27-22-21(15)26-6-8-31-22/h1-3,5,9-10,12,18-19,26,29H,4,6-8,11H2/t18-,19?/m1/s1. The maximum Gasteiger partial charge on any atom is 0.254 e. The summed E-state index contributed by atoms with van der Waals surface area (Å²) in [5.41, 5.74) is 4.15. The minimum absolute atomic E-state index is 0.109. The summed E-state index contributed by atoms with van der Waals surface area (Å²) in [5.74, 6) is 0.317. The van der Waals surface area contributed by atoms with Crippen LogP contribution in [-0.4, -0.2) is 59.4 Å². The van der Waals surface area contributed by atoms with Gasteiger partial charge < -0.3 is 20.1 Å².